The van der Waals surface area contributed by atoms with Crippen molar-refractivity contribution in [3.05, 3.63) is 27.2 Å². The maximum atomic E-state index is 12.8. The van der Waals surface area contributed by atoms with Crippen LogP contribution >= 0.6 is 0 Å². The third-order valence-corrected chi connectivity index (χ3v) is 5.32. The average Bonchev–Trinajstić information content (AvgIpc) is 3.23. The normalized spacial score (nSPS) is 21.9. The van der Waals surface area contributed by atoms with Gasteiger partial charge in [0.25, 0.3) is 11.5 Å². The van der Waals surface area contributed by atoms with Crippen molar-refractivity contribution in [1.82, 2.24) is 33.4 Å². The molecular formula is C16H20N8O4. The molecular weight excluding hydrogens is 368 g/mol. The first-order chi connectivity index (χ1) is 13.2. The van der Waals surface area contributed by atoms with Crippen LogP contribution in [0, 0.1) is 0 Å². The predicted octanol–water partition coefficient (Wildman–Crippen LogP) is -2.00. The number of carbonyl (C=O) groups excluding carboxylic acids is 2. The second-order valence-corrected chi connectivity index (χ2v) is 7.00. The minimum absolute atomic E-state index is 0.0996. The highest BCUT2D eigenvalue weighted by Gasteiger charge is 2.48. The van der Waals surface area contributed by atoms with Crippen molar-refractivity contribution in [3.63, 3.8) is 0 Å². The van der Waals surface area contributed by atoms with Crippen LogP contribution in [0.4, 0.5) is 4.79 Å². The van der Waals surface area contributed by atoms with Crippen LogP contribution < -0.4 is 11.2 Å². The van der Waals surface area contributed by atoms with Crippen LogP contribution in [0.15, 0.2) is 20.9 Å². The van der Waals surface area contributed by atoms with Gasteiger partial charge in [0.05, 0.1) is 12.7 Å². The first kappa shape index (κ1) is 17.9. The molecule has 1 saturated heterocycles. The number of hydrogen-bond donors (Lipinski definition) is 0. The van der Waals surface area contributed by atoms with Gasteiger partial charge in [0.2, 0.25) is 0 Å². The van der Waals surface area contributed by atoms with Gasteiger partial charge in [-0.2, -0.15) is 0 Å². The lowest BCUT2D eigenvalue weighted by Crippen LogP contribution is -2.64. The maximum Gasteiger partial charge on any atom is 0.332 e. The highest BCUT2D eigenvalue weighted by molar-refractivity contribution is 6.02. The molecule has 4 rings (SSSR count). The van der Waals surface area contributed by atoms with Gasteiger partial charge >= 0.3 is 11.7 Å². The van der Waals surface area contributed by atoms with Crippen molar-refractivity contribution in [2.24, 2.45) is 19.1 Å². The molecule has 12 nitrogen and oxygen atoms in total. The number of hydrogen-bond acceptors (Lipinski definition) is 7. The number of amides is 3. The number of aryl methyl sites for hydroxylation is 2. The number of nitrogens with zero attached hydrogens (tertiary/aromatic N) is 8. The summed E-state index contributed by atoms with van der Waals surface area (Å²) < 4.78 is 3.83. The predicted molar refractivity (Wildman–Crippen MR) is 98.9 cm³/mol. The van der Waals surface area contributed by atoms with Crippen LogP contribution in [0.1, 0.15) is 0 Å². The third-order valence-electron chi connectivity index (χ3n) is 5.32. The monoisotopic (exact) mass is 388 g/mol. The van der Waals surface area contributed by atoms with E-state index >= 15 is 0 Å². The number of rotatable bonds is 3. The molecule has 4 heterocycles. The van der Waals surface area contributed by atoms with Gasteiger partial charge in [0.15, 0.2) is 23.4 Å². The molecule has 12 heteroatoms. The Morgan fingerprint density at radius 2 is 1.75 bits per heavy atom. The van der Waals surface area contributed by atoms with E-state index in [1.807, 2.05) is 0 Å². The Bertz CT molecular complexity index is 1140. The summed E-state index contributed by atoms with van der Waals surface area (Å²) in [4.78, 5) is 63.2. The van der Waals surface area contributed by atoms with Crippen LogP contribution in [0.2, 0.25) is 0 Å². The molecule has 2 aliphatic rings. The van der Waals surface area contributed by atoms with Crippen molar-refractivity contribution in [1.29, 1.82) is 0 Å². The second-order valence-electron chi connectivity index (χ2n) is 7.00. The van der Waals surface area contributed by atoms with E-state index in [4.69, 9.17) is 0 Å². The summed E-state index contributed by atoms with van der Waals surface area (Å²) in [5.74, 6) is -0.403. The Hall–Kier alpha value is -3.44. The average molecular weight is 388 g/mol. The second kappa shape index (κ2) is 6.04. The lowest BCUT2D eigenvalue weighted by Gasteiger charge is -2.40. The molecule has 2 atom stereocenters. The van der Waals surface area contributed by atoms with E-state index in [2.05, 4.69) is 9.98 Å². The van der Waals surface area contributed by atoms with Gasteiger partial charge in [0, 0.05) is 41.3 Å². The summed E-state index contributed by atoms with van der Waals surface area (Å²) in [6.07, 6.45) is 2.41. The van der Waals surface area contributed by atoms with Crippen molar-refractivity contribution in [2.75, 3.05) is 20.6 Å². The quantitative estimate of drug-likeness (QED) is 0.600. The summed E-state index contributed by atoms with van der Waals surface area (Å²) in [5.41, 5.74) is -0.506. The highest BCUT2D eigenvalue weighted by Crippen LogP contribution is 2.24. The molecule has 3 amide bonds. The summed E-state index contributed by atoms with van der Waals surface area (Å²) >= 11 is 0. The molecule has 0 aliphatic carbocycles. The number of urea groups is 1. The SMILES string of the molecule is CN1C=N[C@@H]2[C@H]1C(=O)N(CCn1c(=O)c3c(ncn3C)n(C)c1=O)C(=O)N2C. The van der Waals surface area contributed by atoms with Gasteiger partial charge in [-0.25, -0.2) is 19.6 Å². The van der Waals surface area contributed by atoms with Crippen LogP contribution in [0.5, 0.6) is 0 Å². The zero-order valence-corrected chi connectivity index (χ0v) is 15.9. The first-order valence-corrected chi connectivity index (χ1v) is 8.68. The number of likely N-dealkylation sites (N-methyl/N-ethyl adjacent to an activating group) is 2. The Morgan fingerprint density at radius 1 is 1.04 bits per heavy atom. The fraction of sp³-hybridized carbons (Fsp3) is 0.500. The van der Waals surface area contributed by atoms with Gasteiger partial charge < -0.3 is 14.4 Å². The number of fused-ring (bicyclic) bond motifs is 2. The number of aliphatic imine (C=N–C) groups is 1. The van der Waals surface area contributed by atoms with E-state index in [-0.39, 0.29) is 24.3 Å². The Labute approximate surface area is 158 Å². The Kier molecular flexibility index (Phi) is 3.87. The van der Waals surface area contributed by atoms with E-state index in [0.29, 0.717) is 0 Å². The van der Waals surface area contributed by atoms with Crippen LogP contribution in [-0.4, -0.2) is 84.5 Å². The largest absolute Gasteiger partial charge is 0.351 e. The van der Waals surface area contributed by atoms with Gasteiger partial charge in [-0.15, -0.1) is 0 Å². The highest BCUT2D eigenvalue weighted by atomic mass is 16.2. The first-order valence-electron chi connectivity index (χ1n) is 8.68. The number of imide groups is 1. The van der Waals surface area contributed by atoms with E-state index < -0.39 is 35.4 Å². The molecule has 148 valence electrons. The lowest BCUT2D eigenvalue weighted by atomic mass is 10.1. The number of aromatic nitrogens is 4. The number of carbonyl (C=O) groups is 2. The van der Waals surface area contributed by atoms with Crippen molar-refractivity contribution >= 4 is 29.4 Å². The van der Waals surface area contributed by atoms with Gasteiger partial charge in [-0.1, -0.05) is 0 Å². The number of imidazole rings is 1. The van der Waals surface area contributed by atoms with E-state index in [9.17, 15) is 19.2 Å². The molecule has 0 N–H and O–H groups in total. The standard InChI is InChI=1S/C16H20N8O4/c1-19-7-17-11-9(19)13(25)23(15(27)21(11)3)5-6-24-14(26)10-12(18-8-20(10)2)22(4)16(24)28/h7-9,11H,5-6H2,1-4H3/t9-,11-/m0/s1. The zero-order valence-electron chi connectivity index (χ0n) is 15.9. The maximum absolute atomic E-state index is 12.8. The lowest BCUT2D eigenvalue weighted by molar-refractivity contribution is -0.137. The molecule has 0 aromatic carbocycles. The molecule has 1 fully saturated rings. The fourth-order valence-electron chi connectivity index (χ4n) is 3.71. The zero-order chi connectivity index (χ0) is 20.3. The molecule has 2 aromatic heterocycles. The smallest absolute Gasteiger partial charge is 0.332 e. The molecule has 2 aromatic rings. The van der Waals surface area contributed by atoms with E-state index in [0.717, 1.165) is 9.47 Å². The van der Waals surface area contributed by atoms with Crippen LogP contribution in [0.25, 0.3) is 11.2 Å². The van der Waals surface area contributed by atoms with E-state index in [1.165, 1.54) is 33.7 Å². The summed E-state index contributed by atoms with van der Waals surface area (Å²) in [7, 11) is 6.47. The molecule has 0 spiro atoms. The Balaban J connectivity index is 1.67. The molecule has 0 bridgehead atoms. The third kappa shape index (κ3) is 2.30. The van der Waals surface area contributed by atoms with Gasteiger partial charge in [-0.3, -0.25) is 23.6 Å². The summed E-state index contributed by atoms with van der Waals surface area (Å²) in [5, 5.41) is 0. The molecule has 0 radical (unpaired) electrons. The minimum Gasteiger partial charge on any atom is -0.351 e. The van der Waals surface area contributed by atoms with Gasteiger partial charge in [0.1, 0.15) is 0 Å². The van der Waals surface area contributed by atoms with Crippen LogP contribution in [-0.2, 0) is 25.4 Å². The van der Waals surface area contributed by atoms with Crippen molar-refractivity contribution in [2.45, 2.75) is 18.8 Å². The molecule has 0 saturated carbocycles. The van der Waals surface area contributed by atoms with Crippen molar-refractivity contribution in [3.8, 4) is 0 Å². The topological polar surface area (TPSA) is 118 Å². The molecule has 2 aliphatic heterocycles. The van der Waals surface area contributed by atoms with E-state index in [1.54, 1.807) is 26.0 Å². The Morgan fingerprint density at radius 3 is 2.46 bits per heavy atom. The molecule has 0 unspecified atom stereocenters. The molecule has 28 heavy (non-hydrogen) atoms. The fourth-order valence-corrected chi connectivity index (χ4v) is 3.71. The van der Waals surface area contributed by atoms with Crippen molar-refractivity contribution < 1.29 is 9.59 Å². The van der Waals surface area contributed by atoms with Gasteiger partial charge in [-0.05, 0) is 0 Å². The summed E-state index contributed by atoms with van der Waals surface area (Å²) in [6, 6.07) is -1.12. The summed E-state index contributed by atoms with van der Waals surface area (Å²) in [6.45, 7) is -0.211. The minimum atomic E-state index is -0.609. The van der Waals surface area contributed by atoms with Crippen LogP contribution in [0.3, 0.4) is 0 Å².